The molecule has 13 aromatic rings. The third-order valence-electron chi connectivity index (χ3n) is 13.6. The molecule has 2 heteroatoms. The highest BCUT2D eigenvalue weighted by Gasteiger charge is 2.23. The number of rotatable bonds is 4. The Morgan fingerprint density at radius 1 is 0.258 bits per heavy atom. The highest BCUT2D eigenvalue weighted by molar-refractivity contribution is 6.21. The van der Waals surface area contributed by atoms with Crippen LogP contribution in [0.2, 0.25) is 0 Å². The average Bonchev–Trinajstić information content (AvgIpc) is 3.97. The van der Waals surface area contributed by atoms with Gasteiger partial charge in [-0.2, -0.15) is 0 Å². The van der Waals surface area contributed by atoms with Crippen molar-refractivity contribution in [2.45, 2.75) is 0 Å². The van der Waals surface area contributed by atoms with E-state index in [0.717, 1.165) is 5.69 Å². The van der Waals surface area contributed by atoms with Gasteiger partial charge in [0.05, 0.1) is 27.8 Å². The van der Waals surface area contributed by atoms with Gasteiger partial charge in [-0.15, -0.1) is 0 Å². The van der Waals surface area contributed by atoms with E-state index in [9.17, 15) is 0 Å². The van der Waals surface area contributed by atoms with Crippen LogP contribution < -0.4 is 0 Å². The Kier molecular flexibility index (Phi) is 6.86. The topological polar surface area (TPSA) is 9.86 Å². The fourth-order valence-electron chi connectivity index (χ4n) is 10.9. The predicted octanol–water partition coefficient (Wildman–Crippen LogP) is 16.3. The number of benzene rings is 11. The summed E-state index contributed by atoms with van der Waals surface area (Å²) in [6.07, 6.45) is 0. The second-order valence-electron chi connectivity index (χ2n) is 16.8. The molecule has 0 amide bonds. The number of fused-ring (bicyclic) bond motifs is 12. The van der Waals surface area contributed by atoms with Crippen molar-refractivity contribution in [2.24, 2.45) is 0 Å². The van der Waals surface area contributed by atoms with Crippen LogP contribution in [-0.2, 0) is 0 Å². The Hall–Kier alpha value is -8.20. The molecule has 0 aliphatic heterocycles. The molecule has 0 unspecified atom stereocenters. The summed E-state index contributed by atoms with van der Waals surface area (Å²) in [6.45, 7) is 0. The molecule has 0 fully saturated rings. The fraction of sp³-hybridized carbons (Fsp3) is 0. The fourth-order valence-corrected chi connectivity index (χ4v) is 10.9. The smallest absolute Gasteiger partial charge is 0.0619 e. The van der Waals surface area contributed by atoms with E-state index in [0.29, 0.717) is 0 Å². The molecule has 286 valence electrons. The van der Waals surface area contributed by atoms with Gasteiger partial charge in [0, 0.05) is 38.0 Å². The molecular weight excluding hydrogens is 749 g/mol. The molecule has 0 bridgehead atoms. The Morgan fingerprint density at radius 3 is 1.68 bits per heavy atom. The van der Waals surface area contributed by atoms with Crippen molar-refractivity contribution in [3.63, 3.8) is 0 Å². The zero-order valence-electron chi connectivity index (χ0n) is 33.7. The number of nitrogens with zero attached hydrogens (tertiary/aromatic N) is 2. The number of hydrogen-bond acceptors (Lipinski definition) is 0. The van der Waals surface area contributed by atoms with Crippen molar-refractivity contribution in [3.05, 3.63) is 218 Å². The lowest BCUT2D eigenvalue weighted by Gasteiger charge is -2.16. The molecule has 2 aromatic heterocycles. The SMILES string of the molecule is c1ccc(-n2c3ccccc3c3ccc(-c4ccc5c6ccc7ccccc7c6n(-c6cccc7c(-c8ccc9c(c8)-c8cccc%10cccc-9c8%10)cccc67)c5c4)cc32)cc1. The van der Waals surface area contributed by atoms with Gasteiger partial charge in [0.2, 0.25) is 0 Å². The van der Waals surface area contributed by atoms with Crippen LogP contribution in [0, 0.1) is 0 Å². The number of aromatic nitrogens is 2. The molecule has 1 aliphatic rings. The van der Waals surface area contributed by atoms with Crippen molar-refractivity contribution in [1.29, 1.82) is 0 Å². The third-order valence-corrected chi connectivity index (χ3v) is 13.6. The summed E-state index contributed by atoms with van der Waals surface area (Å²) in [5, 5.41) is 12.6. The molecule has 0 spiro atoms. The van der Waals surface area contributed by atoms with Crippen LogP contribution in [0.15, 0.2) is 218 Å². The molecule has 62 heavy (non-hydrogen) atoms. The average molecular weight is 785 g/mol. The van der Waals surface area contributed by atoms with E-state index < -0.39 is 0 Å². The lowest BCUT2D eigenvalue weighted by atomic mass is 9.93. The summed E-state index contributed by atoms with van der Waals surface area (Å²) < 4.78 is 4.95. The van der Waals surface area contributed by atoms with Gasteiger partial charge in [0.1, 0.15) is 0 Å². The Balaban J connectivity index is 1.00. The molecule has 0 radical (unpaired) electrons. The van der Waals surface area contributed by atoms with E-state index in [2.05, 4.69) is 228 Å². The minimum absolute atomic E-state index is 1.16. The molecule has 11 aromatic carbocycles. The molecule has 1 aliphatic carbocycles. The second-order valence-corrected chi connectivity index (χ2v) is 16.8. The zero-order chi connectivity index (χ0) is 40.5. The van der Waals surface area contributed by atoms with Crippen LogP contribution in [0.3, 0.4) is 0 Å². The van der Waals surface area contributed by atoms with Gasteiger partial charge in [-0.1, -0.05) is 176 Å². The van der Waals surface area contributed by atoms with E-state index >= 15 is 0 Å². The first kappa shape index (κ1) is 33.6. The lowest BCUT2D eigenvalue weighted by Crippen LogP contribution is -1.97. The van der Waals surface area contributed by atoms with Crippen LogP contribution in [0.5, 0.6) is 0 Å². The summed E-state index contributed by atoms with van der Waals surface area (Å²) >= 11 is 0. The minimum Gasteiger partial charge on any atom is -0.309 e. The van der Waals surface area contributed by atoms with E-state index in [4.69, 9.17) is 0 Å². The highest BCUT2D eigenvalue weighted by atomic mass is 15.0. The second kappa shape index (κ2) is 12.7. The summed E-state index contributed by atoms with van der Waals surface area (Å²) in [5.41, 5.74) is 17.3. The standard InChI is InChI=1S/C60H36N2/c1-2-15-42(16-3-1)61-55-24-7-6-18-48(55)49-31-27-39(35-57(49)61)40-28-32-50-53-33-26-37-12-4-5-17-44(37)60(53)62(58(50)36-40)56-25-11-20-45-43(19-10-21-47(45)56)41-29-30-46-51-22-8-13-38-14-9-23-52(59(38)51)54(46)34-41/h1-36H. The number of hydrogen-bond donors (Lipinski definition) is 0. The monoisotopic (exact) mass is 784 g/mol. The summed E-state index contributed by atoms with van der Waals surface area (Å²) in [4.78, 5) is 0. The third kappa shape index (κ3) is 4.64. The maximum atomic E-state index is 2.54. The van der Waals surface area contributed by atoms with Crippen LogP contribution in [-0.4, -0.2) is 9.13 Å². The van der Waals surface area contributed by atoms with Gasteiger partial charge in [-0.25, -0.2) is 0 Å². The van der Waals surface area contributed by atoms with Gasteiger partial charge < -0.3 is 9.13 Å². The highest BCUT2D eigenvalue weighted by Crippen LogP contribution is 2.49. The van der Waals surface area contributed by atoms with Crippen molar-refractivity contribution in [1.82, 2.24) is 9.13 Å². The molecule has 0 saturated heterocycles. The maximum absolute atomic E-state index is 2.54. The molecule has 2 nitrogen and oxygen atoms in total. The lowest BCUT2D eigenvalue weighted by molar-refractivity contribution is 1.18. The van der Waals surface area contributed by atoms with Gasteiger partial charge in [0.25, 0.3) is 0 Å². The largest absolute Gasteiger partial charge is 0.309 e. The van der Waals surface area contributed by atoms with E-state index in [-0.39, 0.29) is 0 Å². The van der Waals surface area contributed by atoms with Crippen molar-refractivity contribution >= 4 is 75.9 Å². The quantitative estimate of drug-likeness (QED) is 0.168. The Morgan fingerprint density at radius 2 is 0.839 bits per heavy atom. The van der Waals surface area contributed by atoms with Crippen LogP contribution in [0.4, 0.5) is 0 Å². The molecule has 0 N–H and O–H groups in total. The van der Waals surface area contributed by atoms with Crippen LogP contribution >= 0.6 is 0 Å². The first-order valence-electron chi connectivity index (χ1n) is 21.5. The van der Waals surface area contributed by atoms with Crippen molar-refractivity contribution in [2.75, 3.05) is 0 Å². The molecule has 0 atom stereocenters. The first-order valence-corrected chi connectivity index (χ1v) is 21.5. The number of para-hydroxylation sites is 2. The van der Waals surface area contributed by atoms with E-state index in [1.165, 1.54) is 126 Å². The van der Waals surface area contributed by atoms with Gasteiger partial charge in [-0.3, -0.25) is 0 Å². The summed E-state index contributed by atoms with van der Waals surface area (Å²) in [5.74, 6) is 0. The van der Waals surface area contributed by atoms with E-state index in [1.807, 2.05) is 0 Å². The van der Waals surface area contributed by atoms with Gasteiger partial charge in [-0.05, 0) is 109 Å². The van der Waals surface area contributed by atoms with Gasteiger partial charge in [0.15, 0.2) is 0 Å². The minimum atomic E-state index is 1.16. The Bertz CT molecular complexity index is 4030. The first-order chi connectivity index (χ1) is 30.8. The van der Waals surface area contributed by atoms with Crippen LogP contribution in [0.25, 0.3) is 132 Å². The van der Waals surface area contributed by atoms with Crippen LogP contribution in [0.1, 0.15) is 0 Å². The Labute approximate surface area is 357 Å². The normalized spacial score (nSPS) is 12.2. The summed E-state index contributed by atoms with van der Waals surface area (Å²) in [6, 6.07) is 81.1. The molecular formula is C60H36N2. The maximum Gasteiger partial charge on any atom is 0.0619 e. The predicted molar refractivity (Wildman–Crippen MR) is 263 cm³/mol. The van der Waals surface area contributed by atoms with E-state index in [1.54, 1.807) is 0 Å². The van der Waals surface area contributed by atoms with Crippen molar-refractivity contribution < 1.29 is 0 Å². The molecule has 0 saturated carbocycles. The summed E-state index contributed by atoms with van der Waals surface area (Å²) in [7, 11) is 0. The zero-order valence-corrected chi connectivity index (χ0v) is 33.7. The molecule has 14 rings (SSSR count). The van der Waals surface area contributed by atoms with Crippen molar-refractivity contribution in [3.8, 4) is 55.9 Å². The molecule has 2 heterocycles. The van der Waals surface area contributed by atoms with Gasteiger partial charge >= 0.3 is 0 Å².